The Morgan fingerprint density at radius 3 is 2.20 bits per heavy atom. The molecule has 1 heterocycles. The van der Waals surface area contributed by atoms with Crippen molar-refractivity contribution in [3.05, 3.63) is 18.2 Å². The van der Waals surface area contributed by atoms with E-state index in [2.05, 4.69) is 30.3 Å². The molecule has 1 aromatic heterocycles. The van der Waals surface area contributed by atoms with Crippen LogP contribution in [0.25, 0.3) is 0 Å². The second kappa shape index (κ2) is 10.6. The number of nitrogens with one attached hydrogen (secondary N) is 3. The number of nitrogens with zero attached hydrogens (tertiary/aromatic N) is 4. The first-order valence-electron chi connectivity index (χ1n) is 10.2. The van der Waals surface area contributed by atoms with Gasteiger partial charge in [-0.25, -0.2) is 4.72 Å². The second-order valence-electron chi connectivity index (χ2n) is 7.90. The minimum absolute atomic E-state index is 0.0425. The van der Waals surface area contributed by atoms with Crippen LogP contribution in [0, 0.1) is 0 Å². The highest BCUT2D eigenvalue weighted by Crippen LogP contribution is 2.28. The van der Waals surface area contributed by atoms with Crippen molar-refractivity contribution >= 4 is 55.0 Å². The molecule has 0 bridgehead atoms. The number of benzene rings is 1. The van der Waals surface area contributed by atoms with Crippen LogP contribution >= 0.6 is 0 Å². The third-order valence-electron chi connectivity index (χ3n) is 5.12. The molecule has 0 radical (unpaired) electrons. The Morgan fingerprint density at radius 1 is 1.00 bits per heavy atom. The topological polar surface area (TPSA) is 227 Å². The highest BCUT2D eigenvalue weighted by atomic mass is 32.2. The highest BCUT2D eigenvalue weighted by Gasteiger charge is 2.27. The van der Waals surface area contributed by atoms with Gasteiger partial charge in [-0.05, 0) is 31.0 Å². The lowest BCUT2D eigenvalue weighted by Gasteiger charge is -2.33. The first-order chi connectivity index (χ1) is 16.2. The largest absolute Gasteiger partial charge is 0.760 e. The van der Waals surface area contributed by atoms with Gasteiger partial charge in [-0.3, -0.25) is 13.3 Å². The molecule has 35 heavy (non-hydrogen) atoms. The van der Waals surface area contributed by atoms with E-state index >= 15 is 0 Å². The molecule has 1 fully saturated rings. The zero-order valence-corrected chi connectivity index (χ0v) is 21.0. The van der Waals surface area contributed by atoms with Crippen LogP contribution in [-0.2, 0) is 31.5 Å². The summed E-state index contributed by atoms with van der Waals surface area (Å²) in [7, 11) is -6.22. The zero-order chi connectivity index (χ0) is 26.0. The van der Waals surface area contributed by atoms with E-state index in [1.54, 1.807) is 14.1 Å². The van der Waals surface area contributed by atoms with Crippen LogP contribution in [0.2, 0.25) is 0 Å². The fraction of sp³-hybridized carbons (Fsp3) is 0.471. The maximum absolute atomic E-state index is 11.8. The molecule has 3 unspecified atom stereocenters. The molecule has 3 atom stereocenters. The van der Waals surface area contributed by atoms with Gasteiger partial charge in [-0.1, -0.05) is 12.8 Å². The van der Waals surface area contributed by atoms with Crippen molar-refractivity contribution in [2.75, 3.05) is 29.6 Å². The number of anilines is 4. The Balaban J connectivity index is 2.01. The number of hydrogen-bond donors (Lipinski definition) is 5. The Kier molecular flexibility index (Phi) is 8.25. The smallest absolute Gasteiger partial charge is 0.296 e. The Bertz CT molecular complexity index is 1320. The van der Waals surface area contributed by atoms with Crippen molar-refractivity contribution in [3.8, 4) is 0 Å². The van der Waals surface area contributed by atoms with E-state index in [-0.39, 0.29) is 23.9 Å². The summed E-state index contributed by atoms with van der Waals surface area (Å²) in [5, 5.41) is 5.62. The van der Waals surface area contributed by atoms with Crippen LogP contribution in [0.15, 0.2) is 28.0 Å². The van der Waals surface area contributed by atoms with Gasteiger partial charge in [0.25, 0.3) is 20.2 Å². The highest BCUT2D eigenvalue weighted by molar-refractivity contribution is 7.86. The van der Waals surface area contributed by atoms with Crippen LogP contribution in [0.1, 0.15) is 25.7 Å². The molecule has 0 aliphatic heterocycles. The molecule has 1 aliphatic carbocycles. The Hall–Kier alpha value is -2.48. The van der Waals surface area contributed by atoms with Crippen LogP contribution in [-0.4, -0.2) is 75.8 Å². The molecule has 0 saturated heterocycles. The average Bonchev–Trinajstić information content (AvgIpc) is 2.73. The molecule has 1 saturated carbocycles. The Morgan fingerprint density at radius 2 is 1.63 bits per heavy atom. The summed E-state index contributed by atoms with van der Waals surface area (Å²) in [6.45, 7) is 0. The van der Waals surface area contributed by atoms with Crippen LogP contribution < -0.4 is 20.3 Å². The van der Waals surface area contributed by atoms with Crippen molar-refractivity contribution in [2.45, 2.75) is 47.6 Å². The summed E-state index contributed by atoms with van der Waals surface area (Å²) in [6.07, 6.45) is 2.91. The number of aromatic nitrogens is 3. The van der Waals surface area contributed by atoms with Gasteiger partial charge >= 0.3 is 0 Å². The van der Waals surface area contributed by atoms with Gasteiger partial charge in [-0.2, -0.15) is 31.8 Å². The van der Waals surface area contributed by atoms with E-state index in [0.717, 1.165) is 31.0 Å². The first kappa shape index (κ1) is 27.1. The first-order valence-corrected chi connectivity index (χ1v) is 14.1. The maximum atomic E-state index is 11.8. The van der Waals surface area contributed by atoms with E-state index in [1.165, 1.54) is 4.90 Å². The molecule has 2 aromatic rings. The predicted octanol–water partition coefficient (Wildman–Crippen LogP) is 0.281. The van der Waals surface area contributed by atoms with E-state index < -0.39 is 53.0 Å². The minimum atomic E-state index is -4.80. The van der Waals surface area contributed by atoms with Gasteiger partial charge in [0, 0.05) is 37.4 Å². The van der Waals surface area contributed by atoms with Crippen LogP contribution in [0.5, 0.6) is 0 Å². The molecule has 0 spiro atoms. The molecule has 18 heteroatoms. The number of rotatable bonds is 9. The third kappa shape index (κ3) is 7.26. The maximum Gasteiger partial charge on any atom is 0.296 e. The van der Waals surface area contributed by atoms with Crippen molar-refractivity contribution in [1.82, 2.24) is 19.7 Å². The summed E-state index contributed by atoms with van der Waals surface area (Å²) in [5.41, 5.74) is -0.413. The SMILES string of the molecule is CN(C)c1nc(Nc2cc(S(=O)(=O)O)ccc2S(=O)(=O)O)nc(NC2CCCCC2NS(=O)[O-])n1. The summed E-state index contributed by atoms with van der Waals surface area (Å²) in [5.74, 6) is -0.0331. The van der Waals surface area contributed by atoms with Gasteiger partial charge in [0.1, 0.15) is 4.90 Å². The molecule has 1 aliphatic rings. The standard InChI is InChI=1S/C17H25N7O8S3/c1-24(2)17-21-15(18-11-5-3-4-6-12(11)23-33(25)26)20-16(22-17)19-13-9-10(34(27,28)29)7-8-14(13)35(30,31)32/h7-9,11-12,23H,3-6H2,1-2H3,(H,25,26)(H,27,28,29)(H,30,31,32)(H2,18,19,20,21,22)/p-1. The van der Waals surface area contributed by atoms with Gasteiger partial charge in [0.15, 0.2) is 0 Å². The molecule has 1 aromatic carbocycles. The predicted molar refractivity (Wildman–Crippen MR) is 125 cm³/mol. The van der Waals surface area contributed by atoms with E-state index in [0.29, 0.717) is 12.8 Å². The molecular weight excluding hydrogens is 526 g/mol. The quantitative estimate of drug-likeness (QED) is 0.209. The monoisotopic (exact) mass is 550 g/mol. The molecular formula is C17H24N7O8S3-. The lowest BCUT2D eigenvalue weighted by Crippen LogP contribution is -2.47. The normalized spacial score (nSPS) is 19.7. The van der Waals surface area contributed by atoms with Gasteiger partial charge in [0.05, 0.1) is 10.6 Å². The third-order valence-corrected chi connectivity index (χ3v) is 7.38. The zero-order valence-electron chi connectivity index (χ0n) is 18.6. The molecule has 5 N–H and O–H groups in total. The number of hydrogen-bond acceptors (Lipinski definition) is 12. The fourth-order valence-electron chi connectivity index (χ4n) is 3.53. The average molecular weight is 551 g/mol. The van der Waals surface area contributed by atoms with Crippen molar-refractivity contribution in [2.24, 2.45) is 0 Å². The summed E-state index contributed by atoms with van der Waals surface area (Å²) in [4.78, 5) is 12.8. The van der Waals surface area contributed by atoms with Gasteiger partial charge < -0.3 is 20.1 Å². The van der Waals surface area contributed by atoms with E-state index in [1.807, 2.05) is 0 Å². The Labute approximate surface area is 204 Å². The van der Waals surface area contributed by atoms with E-state index in [9.17, 15) is 34.7 Å². The fourth-order valence-corrected chi connectivity index (χ4v) is 5.20. The lowest BCUT2D eigenvalue weighted by atomic mass is 9.91. The van der Waals surface area contributed by atoms with Crippen molar-refractivity contribution < 1.29 is 34.7 Å². The molecule has 0 amide bonds. The summed E-state index contributed by atoms with van der Waals surface area (Å²) in [6, 6.07) is 1.66. The molecule has 3 rings (SSSR count). The van der Waals surface area contributed by atoms with Crippen LogP contribution in [0.3, 0.4) is 0 Å². The van der Waals surface area contributed by atoms with E-state index in [4.69, 9.17) is 0 Å². The lowest BCUT2D eigenvalue weighted by molar-refractivity contribution is 0.372. The van der Waals surface area contributed by atoms with Gasteiger partial charge in [0.2, 0.25) is 17.8 Å². The van der Waals surface area contributed by atoms with Crippen molar-refractivity contribution in [1.29, 1.82) is 0 Å². The molecule has 194 valence electrons. The summed E-state index contributed by atoms with van der Waals surface area (Å²) < 4.78 is 90.3. The van der Waals surface area contributed by atoms with Crippen LogP contribution in [0.4, 0.5) is 23.5 Å². The molecule has 15 nitrogen and oxygen atoms in total. The second-order valence-corrected chi connectivity index (χ2v) is 11.4. The summed E-state index contributed by atoms with van der Waals surface area (Å²) >= 11 is -2.47. The van der Waals surface area contributed by atoms with Gasteiger partial charge in [-0.15, -0.1) is 0 Å². The van der Waals surface area contributed by atoms with Crippen molar-refractivity contribution in [3.63, 3.8) is 0 Å². The minimum Gasteiger partial charge on any atom is -0.760 e.